The Morgan fingerprint density at radius 2 is 1.90 bits per heavy atom. The standard InChI is InChI=1S/C20H18F3N5O2/c21-20(22,23)30-16-5-3-14(4-6-16)27-19(29)13-2-1-9-28(12-13)15-10-17-18(26-11-15)25-8-7-24-17/h3-8,10-11,13H,1-2,9,12H2,(H,27,29)/t13-/m1/s1. The van der Waals surface area contributed by atoms with Crippen molar-refractivity contribution in [3.05, 3.63) is 48.9 Å². The lowest BCUT2D eigenvalue weighted by atomic mass is 9.96. The van der Waals surface area contributed by atoms with Gasteiger partial charge in [0.05, 0.1) is 17.8 Å². The van der Waals surface area contributed by atoms with Crippen molar-refractivity contribution in [1.82, 2.24) is 15.0 Å². The number of ether oxygens (including phenoxy) is 1. The minimum Gasteiger partial charge on any atom is -0.406 e. The summed E-state index contributed by atoms with van der Waals surface area (Å²) in [6.45, 7) is 1.30. The van der Waals surface area contributed by atoms with E-state index in [1.165, 1.54) is 12.1 Å². The topological polar surface area (TPSA) is 80.2 Å². The second-order valence-electron chi connectivity index (χ2n) is 6.94. The van der Waals surface area contributed by atoms with Gasteiger partial charge < -0.3 is 15.0 Å². The highest BCUT2D eigenvalue weighted by Gasteiger charge is 2.31. The first-order valence-corrected chi connectivity index (χ1v) is 9.36. The van der Waals surface area contributed by atoms with Crippen LogP contribution in [-0.2, 0) is 4.79 Å². The number of hydrogen-bond acceptors (Lipinski definition) is 6. The zero-order valence-corrected chi connectivity index (χ0v) is 15.8. The van der Waals surface area contributed by atoms with Gasteiger partial charge >= 0.3 is 6.36 Å². The molecule has 0 unspecified atom stereocenters. The summed E-state index contributed by atoms with van der Waals surface area (Å²) in [7, 11) is 0. The highest BCUT2D eigenvalue weighted by molar-refractivity contribution is 5.93. The van der Waals surface area contributed by atoms with E-state index in [1.54, 1.807) is 18.6 Å². The van der Waals surface area contributed by atoms with Gasteiger partial charge in [-0.25, -0.2) is 9.97 Å². The summed E-state index contributed by atoms with van der Waals surface area (Å²) in [6, 6.07) is 6.99. The van der Waals surface area contributed by atoms with Crippen molar-refractivity contribution in [2.24, 2.45) is 5.92 Å². The van der Waals surface area contributed by atoms with E-state index in [0.29, 0.717) is 23.4 Å². The quantitative estimate of drug-likeness (QED) is 0.696. The molecule has 2 aromatic heterocycles. The van der Waals surface area contributed by atoms with Crippen LogP contribution in [0.5, 0.6) is 5.75 Å². The molecule has 3 heterocycles. The molecule has 0 saturated carbocycles. The molecule has 156 valence electrons. The number of halogens is 3. The van der Waals surface area contributed by atoms with Crippen LogP contribution in [0.2, 0.25) is 0 Å². The van der Waals surface area contributed by atoms with Crippen LogP contribution in [0.25, 0.3) is 11.2 Å². The number of piperidine rings is 1. The lowest BCUT2D eigenvalue weighted by molar-refractivity contribution is -0.274. The van der Waals surface area contributed by atoms with Gasteiger partial charge in [-0.15, -0.1) is 13.2 Å². The predicted octanol–water partition coefficient (Wildman–Crippen LogP) is 3.78. The number of alkyl halides is 3. The van der Waals surface area contributed by atoms with Crippen LogP contribution >= 0.6 is 0 Å². The number of carbonyl (C=O) groups excluding carboxylic acids is 1. The lowest BCUT2D eigenvalue weighted by Gasteiger charge is -2.33. The molecular formula is C20H18F3N5O2. The smallest absolute Gasteiger partial charge is 0.406 e. The zero-order valence-electron chi connectivity index (χ0n) is 15.8. The normalized spacial score (nSPS) is 17.0. The van der Waals surface area contributed by atoms with Crippen LogP contribution < -0.4 is 15.0 Å². The molecule has 0 radical (unpaired) electrons. The van der Waals surface area contributed by atoms with E-state index in [-0.39, 0.29) is 17.6 Å². The van der Waals surface area contributed by atoms with Crippen LogP contribution in [0.4, 0.5) is 24.5 Å². The Hall–Kier alpha value is -3.43. The molecule has 1 atom stereocenters. The third-order valence-electron chi connectivity index (χ3n) is 4.82. The van der Waals surface area contributed by atoms with Crippen molar-refractivity contribution in [2.45, 2.75) is 19.2 Å². The molecule has 1 aromatic carbocycles. The van der Waals surface area contributed by atoms with E-state index < -0.39 is 6.36 Å². The highest BCUT2D eigenvalue weighted by atomic mass is 19.4. The summed E-state index contributed by atoms with van der Waals surface area (Å²) >= 11 is 0. The van der Waals surface area contributed by atoms with Gasteiger partial charge in [0.2, 0.25) is 5.91 Å². The van der Waals surface area contributed by atoms with Gasteiger partial charge in [0.1, 0.15) is 11.3 Å². The van der Waals surface area contributed by atoms with Gasteiger partial charge in [0.15, 0.2) is 5.65 Å². The summed E-state index contributed by atoms with van der Waals surface area (Å²) in [4.78, 5) is 27.5. The summed E-state index contributed by atoms with van der Waals surface area (Å²) in [5, 5.41) is 2.76. The number of rotatable bonds is 4. The van der Waals surface area contributed by atoms with Crippen LogP contribution in [0.15, 0.2) is 48.9 Å². The van der Waals surface area contributed by atoms with Crippen molar-refractivity contribution in [1.29, 1.82) is 0 Å². The molecule has 7 nitrogen and oxygen atoms in total. The van der Waals surface area contributed by atoms with E-state index in [4.69, 9.17) is 0 Å². The monoisotopic (exact) mass is 417 g/mol. The lowest BCUT2D eigenvalue weighted by Crippen LogP contribution is -2.40. The van der Waals surface area contributed by atoms with E-state index in [0.717, 1.165) is 37.2 Å². The Bertz CT molecular complexity index is 1040. The molecule has 0 spiro atoms. The largest absolute Gasteiger partial charge is 0.573 e. The summed E-state index contributed by atoms with van der Waals surface area (Å²) < 4.78 is 40.6. The van der Waals surface area contributed by atoms with Gasteiger partial charge in [-0.2, -0.15) is 0 Å². The van der Waals surface area contributed by atoms with Crippen LogP contribution in [0.3, 0.4) is 0 Å². The van der Waals surface area contributed by atoms with Gasteiger partial charge in [0.25, 0.3) is 0 Å². The van der Waals surface area contributed by atoms with Crippen molar-refractivity contribution < 1.29 is 22.7 Å². The molecule has 0 aliphatic carbocycles. The average molecular weight is 417 g/mol. The first-order valence-electron chi connectivity index (χ1n) is 9.36. The average Bonchev–Trinajstić information content (AvgIpc) is 2.74. The number of hydrogen-bond donors (Lipinski definition) is 1. The van der Waals surface area contributed by atoms with E-state index >= 15 is 0 Å². The Morgan fingerprint density at radius 3 is 2.67 bits per heavy atom. The second-order valence-corrected chi connectivity index (χ2v) is 6.94. The first kappa shape index (κ1) is 19.9. The number of aromatic nitrogens is 3. The molecule has 1 fully saturated rings. The minimum atomic E-state index is -4.75. The summed E-state index contributed by atoms with van der Waals surface area (Å²) in [5.74, 6) is -0.781. The van der Waals surface area contributed by atoms with Crippen LogP contribution in [0.1, 0.15) is 12.8 Å². The third-order valence-corrected chi connectivity index (χ3v) is 4.82. The number of nitrogens with zero attached hydrogens (tertiary/aromatic N) is 4. The first-order chi connectivity index (χ1) is 14.4. The maximum atomic E-state index is 12.7. The van der Waals surface area contributed by atoms with E-state index in [9.17, 15) is 18.0 Å². The number of benzene rings is 1. The molecule has 10 heteroatoms. The second kappa shape index (κ2) is 8.13. The Labute approximate surface area is 169 Å². The molecule has 1 amide bonds. The van der Waals surface area contributed by atoms with Crippen LogP contribution in [-0.4, -0.2) is 40.3 Å². The fourth-order valence-electron chi connectivity index (χ4n) is 3.43. The van der Waals surface area contributed by atoms with E-state index in [1.807, 2.05) is 6.07 Å². The van der Waals surface area contributed by atoms with Crippen molar-refractivity contribution in [2.75, 3.05) is 23.3 Å². The highest BCUT2D eigenvalue weighted by Crippen LogP contribution is 2.27. The van der Waals surface area contributed by atoms with Gasteiger partial charge in [-0.05, 0) is 43.2 Å². The number of anilines is 2. The Kier molecular flexibility index (Phi) is 5.39. The predicted molar refractivity (Wildman–Crippen MR) is 104 cm³/mol. The number of fused-ring (bicyclic) bond motifs is 1. The number of amides is 1. The molecule has 1 aliphatic heterocycles. The van der Waals surface area contributed by atoms with Crippen molar-refractivity contribution in [3.8, 4) is 5.75 Å². The van der Waals surface area contributed by atoms with Gasteiger partial charge in [0, 0.05) is 31.2 Å². The van der Waals surface area contributed by atoms with Gasteiger partial charge in [-0.1, -0.05) is 0 Å². The van der Waals surface area contributed by atoms with Crippen LogP contribution in [0, 0.1) is 5.92 Å². The fraction of sp³-hybridized carbons (Fsp3) is 0.300. The SMILES string of the molecule is O=C(Nc1ccc(OC(F)(F)F)cc1)[C@@H]1CCCN(c2cnc3nccnc3c2)C1. The van der Waals surface area contributed by atoms with Crippen molar-refractivity contribution >= 4 is 28.4 Å². The van der Waals surface area contributed by atoms with E-state index in [2.05, 4.69) is 29.9 Å². The minimum absolute atomic E-state index is 0.183. The molecular weight excluding hydrogens is 399 g/mol. The number of carbonyl (C=O) groups is 1. The van der Waals surface area contributed by atoms with Crippen molar-refractivity contribution in [3.63, 3.8) is 0 Å². The molecule has 1 N–H and O–H groups in total. The number of nitrogens with one attached hydrogen (secondary N) is 1. The molecule has 1 aliphatic rings. The molecule has 3 aromatic rings. The van der Waals surface area contributed by atoms with Gasteiger partial charge in [-0.3, -0.25) is 9.78 Å². The molecule has 0 bridgehead atoms. The molecule has 1 saturated heterocycles. The molecule has 30 heavy (non-hydrogen) atoms. The fourth-order valence-corrected chi connectivity index (χ4v) is 3.43. The molecule has 4 rings (SSSR count). The Balaban J connectivity index is 1.40. The third kappa shape index (κ3) is 4.76. The number of pyridine rings is 1. The maximum Gasteiger partial charge on any atom is 0.573 e. The summed E-state index contributed by atoms with van der Waals surface area (Å²) in [5.41, 5.74) is 2.52. The summed E-state index contributed by atoms with van der Waals surface area (Å²) in [6.07, 6.45) is 1.70. The Morgan fingerprint density at radius 1 is 1.13 bits per heavy atom. The zero-order chi connectivity index (χ0) is 21.1. The maximum absolute atomic E-state index is 12.7.